The molecule has 82 valence electrons. The first-order valence-corrected chi connectivity index (χ1v) is 6.79. The van der Waals surface area contributed by atoms with Gasteiger partial charge in [-0.2, -0.15) is 11.8 Å². The predicted octanol–water partition coefficient (Wildman–Crippen LogP) is 1.90. The molecule has 2 fully saturated rings. The van der Waals surface area contributed by atoms with Crippen molar-refractivity contribution >= 4 is 11.8 Å². The van der Waals surface area contributed by atoms with Crippen molar-refractivity contribution < 1.29 is 4.74 Å². The van der Waals surface area contributed by atoms with E-state index >= 15 is 0 Å². The summed E-state index contributed by atoms with van der Waals surface area (Å²) >= 11 is 2.13. The van der Waals surface area contributed by atoms with Crippen LogP contribution >= 0.6 is 11.8 Å². The monoisotopic (exact) mass is 215 g/mol. The molecule has 1 saturated heterocycles. The van der Waals surface area contributed by atoms with Crippen molar-refractivity contribution in [2.75, 3.05) is 26.0 Å². The number of hydrogen-bond acceptors (Lipinski definition) is 3. The molecule has 2 aliphatic rings. The minimum atomic E-state index is 0.626. The Hall–Kier alpha value is 0.270. The average molecular weight is 215 g/mol. The van der Waals surface area contributed by atoms with E-state index in [1.807, 2.05) is 0 Å². The summed E-state index contributed by atoms with van der Waals surface area (Å²) in [6.45, 7) is 2.08. The van der Waals surface area contributed by atoms with Crippen molar-refractivity contribution in [3.8, 4) is 0 Å². The molecule has 14 heavy (non-hydrogen) atoms. The van der Waals surface area contributed by atoms with Crippen LogP contribution < -0.4 is 5.32 Å². The van der Waals surface area contributed by atoms with Crippen LogP contribution in [0.1, 0.15) is 25.7 Å². The summed E-state index contributed by atoms with van der Waals surface area (Å²) in [4.78, 5) is 0. The van der Waals surface area contributed by atoms with E-state index in [-0.39, 0.29) is 0 Å². The first-order chi connectivity index (χ1) is 6.90. The Labute approximate surface area is 91.2 Å². The largest absolute Gasteiger partial charge is 0.383 e. The average Bonchev–Trinajstić information content (AvgIpc) is 2.90. The molecule has 1 N–H and O–H groups in total. The highest BCUT2D eigenvalue weighted by atomic mass is 32.2. The van der Waals surface area contributed by atoms with Crippen LogP contribution in [0.15, 0.2) is 0 Å². The zero-order valence-electron chi connectivity index (χ0n) is 9.00. The van der Waals surface area contributed by atoms with E-state index in [0.29, 0.717) is 6.04 Å². The van der Waals surface area contributed by atoms with Gasteiger partial charge in [0.05, 0.1) is 6.61 Å². The molecule has 0 amide bonds. The van der Waals surface area contributed by atoms with E-state index in [9.17, 15) is 0 Å². The summed E-state index contributed by atoms with van der Waals surface area (Å²) in [7, 11) is 1.81. The zero-order chi connectivity index (χ0) is 9.80. The summed E-state index contributed by atoms with van der Waals surface area (Å²) in [6.07, 6.45) is 5.62. The number of hydrogen-bond donors (Lipinski definition) is 1. The maximum absolute atomic E-state index is 5.25. The zero-order valence-corrected chi connectivity index (χ0v) is 9.81. The quantitative estimate of drug-likeness (QED) is 0.731. The Morgan fingerprint density at radius 1 is 1.43 bits per heavy atom. The second-order valence-corrected chi connectivity index (χ2v) is 5.85. The Bertz CT molecular complexity index is 167. The summed E-state index contributed by atoms with van der Waals surface area (Å²) in [5.74, 6) is 2.27. The van der Waals surface area contributed by atoms with E-state index in [2.05, 4.69) is 17.1 Å². The van der Waals surface area contributed by atoms with Gasteiger partial charge in [-0.25, -0.2) is 0 Å². The summed E-state index contributed by atoms with van der Waals surface area (Å²) in [6, 6.07) is 0.626. The molecule has 2 nitrogen and oxygen atoms in total. The third kappa shape index (κ3) is 3.14. The van der Waals surface area contributed by atoms with Gasteiger partial charge in [-0.3, -0.25) is 0 Å². The van der Waals surface area contributed by atoms with Crippen molar-refractivity contribution in [1.29, 1.82) is 0 Å². The van der Waals surface area contributed by atoms with Crippen LogP contribution in [0, 0.1) is 5.92 Å². The molecule has 1 heterocycles. The number of nitrogens with one attached hydrogen (secondary N) is 1. The molecule has 0 spiro atoms. The molecule has 0 aromatic carbocycles. The van der Waals surface area contributed by atoms with Gasteiger partial charge < -0.3 is 10.1 Å². The molecular weight excluding hydrogens is 194 g/mol. The molecule has 0 aromatic heterocycles. The van der Waals surface area contributed by atoms with Crippen LogP contribution in [0.25, 0.3) is 0 Å². The molecule has 1 saturated carbocycles. The highest BCUT2D eigenvalue weighted by molar-refractivity contribution is 8.00. The van der Waals surface area contributed by atoms with Crippen LogP contribution in [-0.2, 0) is 4.74 Å². The standard InChI is InChI=1S/C11H21NOS/c1-13-8-11(9-4-5-9)12-7-10-3-2-6-14-10/h9-12H,2-8H2,1H3. The van der Waals surface area contributed by atoms with Gasteiger partial charge in [-0.05, 0) is 37.4 Å². The van der Waals surface area contributed by atoms with Crippen molar-refractivity contribution in [2.24, 2.45) is 5.92 Å². The van der Waals surface area contributed by atoms with Crippen molar-refractivity contribution in [3.63, 3.8) is 0 Å². The Balaban J connectivity index is 1.65. The molecule has 0 radical (unpaired) electrons. The lowest BCUT2D eigenvalue weighted by molar-refractivity contribution is 0.158. The van der Waals surface area contributed by atoms with Crippen LogP contribution in [0.3, 0.4) is 0 Å². The van der Waals surface area contributed by atoms with Crippen molar-refractivity contribution in [3.05, 3.63) is 0 Å². The van der Waals surface area contributed by atoms with Crippen molar-refractivity contribution in [2.45, 2.75) is 37.0 Å². The first kappa shape index (κ1) is 10.8. The lowest BCUT2D eigenvalue weighted by Gasteiger charge is -2.19. The maximum atomic E-state index is 5.25. The molecule has 2 unspecified atom stereocenters. The minimum Gasteiger partial charge on any atom is -0.383 e. The number of ether oxygens (including phenoxy) is 1. The predicted molar refractivity (Wildman–Crippen MR) is 61.9 cm³/mol. The van der Waals surface area contributed by atoms with Gasteiger partial charge in [0.25, 0.3) is 0 Å². The maximum Gasteiger partial charge on any atom is 0.0618 e. The Kier molecular flexibility index (Phi) is 4.14. The molecule has 0 bridgehead atoms. The van der Waals surface area contributed by atoms with Gasteiger partial charge in [0.1, 0.15) is 0 Å². The minimum absolute atomic E-state index is 0.626. The molecule has 3 heteroatoms. The lowest BCUT2D eigenvalue weighted by atomic mass is 10.2. The highest BCUT2D eigenvalue weighted by Crippen LogP contribution is 2.33. The summed E-state index contributed by atoms with van der Waals surface area (Å²) in [5.41, 5.74) is 0. The van der Waals surface area contributed by atoms with E-state index < -0.39 is 0 Å². The van der Waals surface area contributed by atoms with E-state index in [0.717, 1.165) is 17.8 Å². The molecule has 1 aliphatic carbocycles. The molecule has 2 rings (SSSR count). The third-order valence-electron chi connectivity index (χ3n) is 3.17. The van der Waals surface area contributed by atoms with Gasteiger partial charge in [0, 0.05) is 24.9 Å². The fourth-order valence-electron chi connectivity index (χ4n) is 2.13. The SMILES string of the molecule is COCC(NCC1CCCS1)C1CC1. The van der Waals surface area contributed by atoms with Crippen LogP contribution in [-0.4, -0.2) is 37.3 Å². The fourth-order valence-corrected chi connectivity index (χ4v) is 3.34. The lowest BCUT2D eigenvalue weighted by Crippen LogP contribution is -2.38. The second-order valence-electron chi connectivity index (χ2n) is 4.44. The first-order valence-electron chi connectivity index (χ1n) is 5.74. The summed E-state index contributed by atoms with van der Waals surface area (Å²) < 4.78 is 5.25. The van der Waals surface area contributed by atoms with Gasteiger partial charge >= 0.3 is 0 Å². The Morgan fingerprint density at radius 3 is 2.86 bits per heavy atom. The molecule has 0 aromatic rings. The summed E-state index contributed by atoms with van der Waals surface area (Å²) in [5, 5.41) is 4.55. The van der Waals surface area contributed by atoms with Crippen LogP contribution in [0.4, 0.5) is 0 Å². The van der Waals surface area contributed by atoms with E-state index in [4.69, 9.17) is 4.74 Å². The molecule has 1 aliphatic heterocycles. The Morgan fingerprint density at radius 2 is 2.29 bits per heavy atom. The normalized spacial score (nSPS) is 29.4. The third-order valence-corrected chi connectivity index (χ3v) is 4.57. The smallest absolute Gasteiger partial charge is 0.0618 e. The number of methoxy groups -OCH3 is 1. The van der Waals surface area contributed by atoms with E-state index in [1.165, 1.54) is 38.0 Å². The molecule has 2 atom stereocenters. The van der Waals surface area contributed by atoms with Gasteiger partial charge in [-0.15, -0.1) is 0 Å². The van der Waals surface area contributed by atoms with E-state index in [1.54, 1.807) is 7.11 Å². The topological polar surface area (TPSA) is 21.3 Å². The van der Waals surface area contributed by atoms with Gasteiger partial charge in [0.15, 0.2) is 0 Å². The van der Waals surface area contributed by atoms with Gasteiger partial charge in [-0.1, -0.05) is 0 Å². The fraction of sp³-hybridized carbons (Fsp3) is 1.00. The van der Waals surface area contributed by atoms with Gasteiger partial charge in [0.2, 0.25) is 0 Å². The van der Waals surface area contributed by atoms with Crippen LogP contribution in [0.2, 0.25) is 0 Å². The molecular formula is C11H21NOS. The van der Waals surface area contributed by atoms with Crippen molar-refractivity contribution in [1.82, 2.24) is 5.32 Å². The highest BCUT2D eigenvalue weighted by Gasteiger charge is 2.31. The second kappa shape index (κ2) is 5.38. The van der Waals surface area contributed by atoms with Crippen LogP contribution in [0.5, 0.6) is 0 Å². The number of thioether (sulfide) groups is 1. The number of rotatable bonds is 6.